The van der Waals surface area contributed by atoms with Gasteiger partial charge in [-0.3, -0.25) is 4.21 Å². The van der Waals surface area contributed by atoms with Crippen LogP contribution in [0.4, 0.5) is 10.5 Å². The first kappa shape index (κ1) is 16.6. The highest BCUT2D eigenvalue weighted by atomic mass is 32.2. The zero-order chi connectivity index (χ0) is 16.1. The highest BCUT2D eigenvalue weighted by Gasteiger charge is 2.11. The number of aromatic nitrogens is 1. The molecule has 0 aliphatic carbocycles. The lowest BCUT2D eigenvalue weighted by Gasteiger charge is -2.11. The summed E-state index contributed by atoms with van der Waals surface area (Å²) in [4.78, 5) is 17.0. The number of nitrogens with zero attached hydrogens (tertiary/aromatic N) is 1. The van der Waals surface area contributed by atoms with Crippen LogP contribution >= 0.6 is 11.3 Å². The first-order chi connectivity index (χ1) is 10.5. The number of hydrogen-bond acceptors (Lipinski definition) is 4. The zero-order valence-corrected chi connectivity index (χ0v) is 14.4. The van der Waals surface area contributed by atoms with Crippen molar-refractivity contribution in [3.63, 3.8) is 0 Å². The molecule has 0 aliphatic heterocycles. The smallest absolute Gasteiger partial charge is 0.319 e. The lowest BCUT2D eigenvalue weighted by molar-refractivity contribution is 0.251. The van der Waals surface area contributed by atoms with Crippen molar-refractivity contribution < 1.29 is 9.00 Å². The van der Waals surface area contributed by atoms with Gasteiger partial charge in [-0.1, -0.05) is 13.0 Å². The van der Waals surface area contributed by atoms with Gasteiger partial charge in [0.1, 0.15) is 0 Å². The number of anilines is 1. The summed E-state index contributed by atoms with van der Waals surface area (Å²) in [6.07, 6.45) is 1.61. The second kappa shape index (κ2) is 7.51. The molecule has 0 spiro atoms. The molecular formula is C15H19N3O2S2. The van der Waals surface area contributed by atoms with Gasteiger partial charge in [-0.05, 0) is 25.1 Å². The van der Waals surface area contributed by atoms with Gasteiger partial charge in [0, 0.05) is 51.2 Å². The highest BCUT2D eigenvalue weighted by molar-refractivity contribution is 7.84. The number of rotatable bonds is 5. The summed E-state index contributed by atoms with van der Waals surface area (Å²) in [5.74, 6) is 0.166. The molecule has 0 bridgehead atoms. The third-order valence-electron chi connectivity index (χ3n) is 3.05. The maximum absolute atomic E-state index is 11.9. The minimum Gasteiger partial charge on any atom is -0.337 e. The van der Waals surface area contributed by atoms with Crippen molar-refractivity contribution in [3.8, 4) is 0 Å². The monoisotopic (exact) mass is 337 g/mol. The number of carbonyl (C=O) groups is 1. The Kier molecular flexibility index (Phi) is 5.68. The molecule has 0 saturated heterocycles. The molecule has 0 unspecified atom stereocenters. The van der Waals surface area contributed by atoms with Crippen LogP contribution in [0.15, 0.2) is 34.5 Å². The predicted octanol–water partition coefficient (Wildman–Crippen LogP) is 3.11. The van der Waals surface area contributed by atoms with E-state index in [9.17, 15) is 9.00 Å². The molecule has 2 amide bonds. The third kappa shape index (κ3) is 4.64. The summed E-state index contributed by atoms with van der Waals surface area (Å²) < 4.78 is 11.4. The quantitative estimate of drug-likeness (QED) is 0.880. The molecule has 0 aliphatic rings. The van der Waals surface area contributed by atoms with E-state index in [1.54, 1.807) is 41.9 Å². The van der Waals surface area contributed by atoms with Crippen LogP contribution in [0.5, 0.6) is 0 Å². The van der Waals surface area contributed by atoms with Gasteiger partial charge < -0.3 is 10.6 Å². The van der Waals surface area contributed by atoms with E-state index in [0.717, 1.165) is 10.7 Å². The van der Waals surface area contributed by atoms with Gasteiger partial charge in [0.25, 0.3) is 0 Å². The van der Waals surface area contributed by atoms with Crippen molar-refractivity contribution >= 4 is 33.9 Å². The lowest BCUT2D eigenvalue weighted by Crippen LogP contribution is -2.31. The van der Waals surface area contributed by atoms with Gasteiger partial charge in [-0.2, -0.15) is 0 Å². The molecule has 7 heteroatoms. The molecular weight excluding hydrogens is 318 g/mol. The van der Waals surface area contributed by atoms with E-state index in [2.05, 4.69) is 15.6 Å². The highest BCUT2D eigenvalue weighted by Crippen LogP contribution is 2.19. The number of benzene rings is 1. The van der Waals surface area contributed by atoms with Crippen molar-refractivity contribution in [3.05, 3.63) is 40.3 Å². The van der Waals surface area contributed by atoms with E-state index < -0.39 is 10.8 Å². The fourth-order valence-electron chi connectivity index (χ4n) is 1.86. The van der Waals surface area contributed by atoms with Gasteiger partial charge >= 0.3 is 6.03 Å². The van der Waals surface area contributed by atoms with E-state index in [1.807, 2.05) is 19.2 Å². The summed E-state index contributed by atoms with van der Waals surface area (Å²) in [5.41, 5.74) is 1.63. The van der Waals surface area contributed by atoms with E-state index in [1.165, 1.54) is 0 Å². The molecule has 22 heavy (non-hydrogen) atoms. The Morgan fingerprint density at radius 3 is 2.86 bits per heavy atom. The van der Waals surface area contributed by atoms with Crippen molar-refractivity contribution in [1.29, 1.82) is 0 Å². The van der Waals surface area contributed by atoms with E-state index >= 15 is 0 Å². The van der Waals surface area contributed by atoms with Gasteiger partial charge in [-0.25, -0.2) is 9.78 Å². The minimum absolute atomic E-state index is 0.166. The second-order valence-corrected chi connectivity index (χ2v) is 7.31. The molecule has 118 valence electrons. The van der Waals surface area contributed by atoms with Crippen LogP contribution in [-0.2, 0) is 10.8 Å². The number of nitrogens with one attached hydrogen (secondary N) is 2. The Morgan fingerprint density at radius 2 is 2.23 bits per heavy atom. The molecule has 2 aromatic rings. The number of carbonyl (C=O) groups excluding carboxylic acids is 1. The molecule has 2 N–H and O–H groups in total. The molecule has 5 nitrogen and oxygen atoms in total. The molecule has 1 aromatic carbocycles. The largest absolute Gasteiger partial charge is 0.337 e. The minimum atomic E-state index is -1.07. The number of thiazole rings is 1. The van der Waals surface area contributed by atoms with Crippen molar-refractivity contribution in [1.82, 2.24) is 10.3 Å². The fourth-order valence-corrected chi connectivity index (χ4v) is 3.28. The topological polar surface area (TPSA) is 71.1 Å². The van der Waals surface area contributed by atoms with Crippen LogP contribution < -0.4 is 10.6 Å². The van der Waals surface area contributed by atoms with Crippen molar-refractivity contribution in [2.45, 2.75) is 24.7 Å². The molecule has 1 aromatic heterocycles. The Balaban J connectivity index is 1.88. The van der Waals surface area contributed by atoms with Gasteiger partial charge in [0.05, 0.1) is 5.01 Å². The average Bonchev–Trinajstić information content (AvgIpc) is 2.91. The summed E-state index contributed by atoms with van der Waals surface area (Å²) in [6, 6.07) is 6.74. The average molecular weight is 337 g/mol. The molecule has 0 radical (unpaired) electrons. The Labute approximate surface area is 136 Å². The molecule has 2 rings (SSSR count). The second-order valence-electron chi connectivity index (χ2n) is 5.05. The number of amides is 2. The SMILES string of the molecule is Cc1csc([C@H](C)CNC(=O)Nc2cccc([S@](C)=O)c2)n1. The van der Waals surface area contributed by atoms with Crippen LogP contribution in [0.2, 0.25) is 0 Å². The number of aryl methyl sites for hydroxylation is 1. The van der Waals surface area contributed by atoms with Gasteiger partial charge in [-0.15, -0.1) is 11.3 Å². The number of hydrogen-bond donors (Lipinski definition) is 2. The van der Waals surface area contributed by atoms with Gasteiger partial charge in [0.2, 0.25) is 0 Å². The van der Waals surface area contributed by atoms with Crippen LogP contribution in [0.25, 0.3) is 0 Å². The van der Waals surface area contributed by atoms with E-state index in [0.29, 0.717) is 17.1 Å². The summed E-state index contributed by atoms with van der Waals surface area (Å²) in [5, 5.41) is 8.59. The molecule has 0 saturated carbocycles. The summed E-state index contributed by atoms with van der Waals surface area (Å²) in [7, 11) is -1.07. The normalized spacial score (nSPS) is 13.4. The first-order valence-corrected chi connectivity index (χ1v) is 9.30. The third-order valence-corrected chi connectivity index (χ3v) is 5.16. The van der Waals surface area contributed by atoms with Crippen LogP contribution in [-0.4, -0.2) is 28.0 Å². The van der Waals surface area contributed by atoms with Crippen LogP contribution in [0.3, 0.4) is 0 Å². The summed E-state index contributed by atoms with van der Waals surface area (Å²) >= 11 is 1.60. The maximum atomic E-state index is 11.9. The zero-order valence-electron chi connectivity index (χ0n) is 12.8. The van der Waals surface area contributed by atoms with Crippen molar-refractivity contribution in [2.24, 2.45) is 0 Å². The van der Waals surface area contributed by atoms with Crippen LogP contribution in [0.1, 0.15) is 23.5 Å². The van der Waals surface area contributed by atoms with E-state index in [4.69, 9.17) is 0 Å². The fraction of sp³-hybridized carbons (Fsp3) is 0.333. The summed E-state index contributed by atoms with van der Waals surface area (Å²) in [6.45, 7) is 4.50. The molecule has 1 heterocycles. The predicted molar refractivity (Wildman–Crippen MR) is 91.1 cm³/mol. The van der Waals surface area contributed by atoms with Crippen LogP contribution in [0, 0.1) is 6.92 Å². The molecule has 2 atom stereocenters. The Hall–Kier alpha value is -1.73. The Bertz CT molecular complexity index is 685. The Morgan fingerprint density at radius 1 is 1.45 bits per heavy atom. The maximum Gasteiger partial charge on any atom is 0.319 e. The molecule has 0 fully saturated rings. The van der Waals surface area contributed by atoms with E-state index in [-0.39, 0.29) is 11.9 Å². The number of urea groups is 1. The van der Waals surface area contributed by atoms with Gasteiger partial charge in [0.15, 0.2) is 0 Å². The first-order valence-electron chi connectivity index (χ1n) is 6.86. The lowest BCUT2D eigenvalue weighted by atomic mass is 10.2. The standard InChI is InChI=1S/C15H19N3O2S2/c1-10(14-17-11(2)9-21-14)8-16-15(19)18-12-5-4-6-13(7-12)22(3)20/h4-7,9-10H,8H2,1-3H3,(H2,16,18,19)/t10-,22+/m1/s1. The van der Waals surface area contributed by atoms with Crippen molar-refractivity contribution in [2.75, 3.05) is 18.1 Å².